The Labute approximate surface area is 187 Å². The number of rotatable bonds is 8. The van der Waals surface area contributed by atoms with Gasteiger partial charge in [0.15, 0.2) is 0 Å². The number of carbonyl (C=O) groups excluding carboxylic acids is 1. The van der Waals surface area contributed by atoms with Crippen LogP contribution in [0.4, 0.5) is 0 Å². The van der Waals surface area contributed by atoms with E-state index in [0.717, 1.165) is 12.0 Å². The van der Waals surface area contributed by atoms with Crippen molar-refractivity contribution in [3.63, 3.8) is 0 Å². The number of ether oxygens (including phenoxy) is 1. The Balaban J connectivity index is 1.54. The monoisotopic (exact) mass is 487 g/mol. The van der Waals surface area contributed by atoms with E-state index in [0.29, 0.717) is 38.7 Å². The van der Waals surface area contributed by atoms with E-state index in [-0.39, 0.29) is 12.3 Å². The molecule has 0 aliphatic carbocycles. The summed E-state index contributed by atoms with van der Waals surface area (Å²) in [5, 5.41) is 12.5. The Morgan fingerprint density at radius 1 is 0.967 bits per heavy atom. The van der Waals surface area contributed by atoms with Crippen LogP contribution in [0, 0.1) is 0 Å². The highest BCUT2D eigenvalue weighted by molar-refractivity contribution is 9.10. The molecule has 1 amide bonds. The van der Waals surface area contributed by atoms with Crippen LogP contribution in [0.25, 0.3) is 0 Å². The lowest BCUT2D eigenvalue weighted by Crippen LogP contribution is -2.25. The molecular formula is C23H19BrClNO4. The number of hydrogen-bond donors (Lipinski definition) is 2. The van der Waals surface area contributed by atoms with E-state index in [9.17, 15) is 9.59 Å². The summed E-state index contributed by atoms with van der Waals surface area (Å²) in [5.41, 5.74) is 2.31. The molecule has 30 heavy (non-hydrogen) atoms. The topological polar surface area (TPSA) is 75.6 Å². The van der Waals surface area contributed by atoms with E-state index in [1.165, 1.54) is 0 Å². The van der Waals surface area contributed by atoms with Gasteiger partial charge in [-0.3, -0.25) is 9.59 Å². The molecule has 0 heterocycles. The molecule has 0 bridgehead atoms. The van der Waals surface area contributed by atoms with Gasteiger partial charge in [0.05, 0.1) is 10.9 Å². The fourth-order valence-corrected chi connectivity index (χ4v) is 3.42. The largest absolute Gasteiger partial charge is 0.481 e. The first-order valence-corrected chi connectivity index (χ1v) is 10.4. The van der Waals surface area contributed by atoms with Crippen LogP contribution >= 0.6 is 27.5 Å². The highest BCUT2D eigenvalue weighted by atomic mass is 79.9. The molecule has 3 aromatic carbocycles. The SMILES string of the molecule is O=C(O)Cc1ccc(Oc2ccc(C(=O)NCCc3ccc(Cl)cc3)cc2)c(Br)c1. The molecule has 0 saturated heterocycles. The number of nitrogens with one attached hydrogen (secondary N) is 1. The normalized spacial score (nSPS) is 10.5. The zero-order chi connectivity index (χ0) is 21.5. The Morgan fingerprint density at radius 3 is 2.27 bits per heavy atom. The maximum atomic E-state index is 12.3. The van der Waals surface area contributed by atoms with Gasteiger partial charge in [0, 0.05) is 17.1 Å². The van der Waals surface area contributed by atoms with Crippen molar-refractivity contribution in [2.45, 2.75) is 12.8 Å². The molecule has 0 spiro atoms. The van der Waals surface area contributed by atoms with Crippen LogP contribution in [0.15, 0.2) is 71.2 Å². The van der Waals surface area contributed by atoms with E-state index < -0.39 is 5.97 Å². The fourth-order valence-electron chi connectivity index (χ4n) is 2.79. The summed E-state index contributed by atoms with van der Waals surface area (Å²) in [6, 6.07) is 19.5. The van der Waals surface area contributed by atoms with Crippen molar-refractivity contribution >= 4 is 39.4 Å². The summed E-state index contributed by atoms with van der Waals surface area (Å²) in [5.74, 6) is 0.0796. The Bertz CT molecular complexity index is 1040. The van der Waals surface area contributed by atoms with Crippen LogP contribution in [0.3, 0.4) is 0 Å². The van der Waals surface area contributed by atoms with Crippen molar-refractivity contribution in [3.8, 4) is 11.5 Å². The molecule has 154 valence electrons. The molecular weight excluding hydrogens is 470 g/mol. The zero-order valence-electron chi connectivity index (χ0n) is 15.9. The van der Waals surface area contributed by atoms with E-state index in [2.05, 4.69) is 21.2 Å². The highest BCUT2D eigenvalue weighted by Crippen LogP contribution is 2.30. The van der Waals surface area contributed by atoms with Crippen LogP contribution in [-0.4, -0.2) is 23.5 Å². The molecule has 0 fully saturated rings. The quantitative estimate of drug-likeness (QED) is 0.439. The average molecular weight is 489 g/mol. The van der Waals surface area contributed by atoms with Gasteiger partial charge in [-0.25, -0.2) is 0 Å². The van der Waals surface area contributed by atoms with Crippen molar-refractivity contribution in [3.05, 3.63) is 92.9 Å². The lowest BCUT2D eigenvalue weighted by atomic mass is 10.1. The molecule has 2 N–H and O–H groups in total. The van der Waals surface area contributed by atoms with Gasteiger partial charge < -0.3 is 15.2 Å². The zero-order valence-corrected chi connectivity index (χ0v) is 18.2. The van der Waals surface area contributed by atoms with E-state index in [4.69, 9.17) is 21.4 Å². The van der Waals surface area contributed by atoms with Crippen molar-refractivity contribution in [2.24, 2.45) is 0 Å². The Kier molecular flexibility index (Phi) is 7.49. The molecule has 0 saturated carbocycles. The minimum atomic E-state index is -0.891. The van der Waals surface area contributed by atoms with E-state index >= 15 is 0 Å². The van der Waals surface area contributed by atoms with Crippen LogP contribution in [-0.2, 0) is 17.6 Å². The van der Waals surface area contributed by atoms with E-state index in [1.807, 2.05) is 24.3 Å². The standard InChI is InChI=1S/C23H19BrClNO4/c24-20-13-16(14-22(27)28)3-10-21(20)30-19-8-4-17(5-9-19)23(29)26-12-11-15-1-6-18(25)7-2-15/h1-10,13H,11-12,14H2,(H,26,29)(H,27,28). The summed E-state index contributed by atoms with van der Waals surface area (Å²) in [6.45, 7) is 0.522. The lowest BCUT2D eigenvalue weighted by molar-refractivity contribution is -0.136. The number of carboxylic acid groups (broad SMARTS) is 1. The number of hydrogen-bond acceptors (Lipinski definition) is 3. The maximum absolute atomic E-state index is 12.3. The second-order valence-corrected chi connectivity index (χ2v) is 7.88. The molecule has 7 heteroatoms. The van der Waals surface area contributed by atoms with Crippen molar-refractivity contribution in [1.29, 1.82) is 0 Å². The lowest BCUT2D eigenvalue weighted by Gasteiger charge is -2.10. The van der Waals surface area contributed by atoms with Gasteiger partial charge in [0.1, 0.15) is 11.5 Å². The number of amides is 1. The number of carbonyl (C=O) groups is 2. The predicted molar refractivity (Wildman–Crippen MR) is 119 cm³/mol. The van der Waals surface area contributed by atoms with Gasteiger partial charge >= 0.3 is 5.97 Å². The molecule has 0 aliphatic rings. The summed E-state index contributed by atoms with van der Waals surface area (Å²) in [4.78, 5) is 23.1. The molecule has 3 aromatic rings. The third-order valence-corrected chi connectivity index (χ3v) is 5.18. The first-order valence-electron chi connectivity index (χ1n) is 9.21. The number of aliphatic carboxylic acids is 1. The smallest absolute Gasteiger partial charge is 0.307 e. The van der Waals surface area contributed by atoms with Crippen LogP contribution < -0.4 is 10.1 Å². The van der Waals surface area contributed by atoms with Gasteiger partial charge in [-0.05, 0) is 82.0 Å². The molecule has 0 atom stereocenters. The highest BCUT2D eigenvalue weighted by Gasteiger charge is 2.09. The first-order chi connectivity index (χ1) is 14.4. The molecule has 3 rings (SSSR count). The minimum absolute atomic E-state index is 0.0549. The third-order valence-electron chi connectivity index (χ3n) is 4.31. The average Bonchev–Trinajstić information content (AvgIpc) is 2.71. The molecule has 0 aromatic heterocycles. The van der Waals surface area contributed by atoms with Gasteiger partial charge in [-0.1, -0.05) is 29.8 Å². The number of benzene rings is 3. The summed E-state index contributed by atoms with van der Waals surface area (Å²) in [6.07, 6.45) is 0.663. The molecule has 0 aliphatic heterocycles. The Morgan fingerprint density at radius 2 is 1.63 bits per heavy atom. The Hall–Kier alpha value is -2.83. The van der Waals surface area contributed by atoms with Gasteiger partial charge in [0.25, 0.3) is 5.91 Å². The maximum Gasteiger partial charge on any atom is 0.307 e. The summed E-state index contributed by atoms with van der Waals surface area (Å²) >= 11 is 9.26. The second kappa shape index (κ2) is 10.3. The van der Waals surface area contributed by atoms with Crippen molar-refractivity contribution in [1.82, 2.24) is 5.32 Å². The van der Waals surface area contributed by atoms with Crippen LogP contribution in [0.2, 0.25) is 5.02 Å². The summed E-state index contributed by atoms with van der Waals surface area (Å²) < 4.78 is 6.47. The minimum Gasteiger partial charge on any atom is -0.481 e. The number of carboxylic acids is 1. The number of halogens is 2. The third kappa shape index (κ3) is 6.34. The van der Waals surface area contributed by atoms with Crippen molar-refractivity contribution in [2.75, 3.05) is 6.54 Å². The second-order valence-electron chi connectivity index (χ2n) is 6.59. The molecule has 5 nitrogen and oxygen atoms in total. The predicted octanol–water partition coefficient (Wildman–Crippen LogP) is 5.49. The van der Waals surface area contributed by atoms with Crippen LogP contribution in [0.1, 0.15) is 21.5 Å². The van der Waals surface area contributed by atoms with Gasteiger partial charge in [0.2, 0.25) is 0 Å². The van der Waals surface area contributed by atoms with Crippen molar-refractivity contribution < 1.29 is 19.4 Å². The fraction of sp³-hybridized carbons (Fsp3) is 0.130. The van der Waals surface area contributed by atoms with Crippen LogP contribution in [0.5, 0.6) is 11.5 Å². The van der Waals surface area contributed by atoms with Gasteiger partial charge in [-0.15, -0.1) is 0 Å². The van der Waals surface area contributed by atoms with E-state index in [1.54, 1.807) is 42.5 Å². The molecule has 0 radical (unpaired) electrons. The first kappa shape index (κ1) is 21.9. The summed E-state index contributed by atoms with van der Waals surface area (Å²) in [7, 11) is 0. The van der Waals surface area contributed by atoms with Gasteiger partial charge in [-0.2, -0.15) is 0 Å². The molecule has 0 unspecified atom stereocenters.